The molecule has 6 nitrogen and oxygen atoms in total. The van der Waals surface area contributed by atoms with E-state index in [-0.39, 0.29) is 17.5 Å². The molecule has 1 saturated carbocycles. The molecule has 0 radical (unpaired) electrons. The summed E-state index contributed by atoms with van der Waals surface area (Å²) in [6.07, 6.45) is 12.1. The normalized spacial score (nSPS) is 21.7. The third kappa shape index (κ3) is 5.04. The van der Waals surface area contributed by atoms with Gasteiger partial charge in [-0.1, -0.05) is 37.8 Å². The molecular weight excluding hydrogens is 364 g/mol. The Kier molecular flexibility index (Phi) is 6.60. The molecule has 0 bridgehead atoms. The molecule has 4 rings (SSSR count). The number of carbonyl (C=O) groups is 1. The Balaban J connectivity index is 1.30. The number of likely N-dealkylation sites (tertiary alicyclic amines) is 1. The molecule has 1 atom stereocenters. The fraction of sp³-hybridized carbons (Fsp3) is 0.609. The largest absolute Gasteiger partial charge is 0.352 e. The molecule has 0 spiro atoms. The van der Waals surface area contributed by atoms with Gasteiger partial charge in [-0.15, -0.1) is 0 Å². The van der Waals surface area contributed by atoms with E-state index in [1.807, 2.05) is 18.2 Å². The van der Waals surface area contributed by atoms with E-state index >= 15 is 0 Å². The Morgan fingerprint density at radius 2 is 1.86 bits per heavy atom. The number of aromatic nitrogens is 2. The van der Waals surface area contributed by atoms with Gasteiger partial charge in [-0.05, 0) is 44.4 Å². The van der Waals surface area contributed by atoms with Gasteiger partial charge in [-0.3, -0.25) is 19.1 Å². The van der Waals surface area contributed by atoms with Gasteiger partial charge in [0.25, 0.3) is 5.56 Å². The molecule has 1 unspecified atom stereocenters. The zero-order valence-electron chi connectivity index (χ0n) is 17.2. The molecule has 29 heavy (non-hydrogen) atoms. The van der Waals surface area contributed by atoms with Crippen molar-refractivity contribution in [3.05, 3.63) is 40.9 Å². The zero-order valence-corrected chi connectivity index (χ0v) is 17.2. The van der Waals surface area contributed by atoms with Crippen molar-refractivity contribution in [2.24, 2.45) is 0 Å². The number of hydrogen-bond donors (Lipinski definition) is 1. The first kappa shape index (κ1) is 20.1. The van der Waals surface area contributed by atoms with E-state index in [2.05, 4.69) is 15.2 Å². The van der Waals surface area contributed by atoms with Crippen LogP contribution in [0.5, 0.6) is 0 Å². The predicted octanol–water partition coefficient (Wildman–Crippen LogP) is 3.09. The van der Waals surface area contributed by atoms with Gasteiger partial charge in [-0.25, -0.2) is 4.98 Å². The molecule has 1 aliphatic heterocycles. The van der Waals surface area contributed by atoms with Gasteiger partial charge in [0.05, 0.1) is 17.2 Å². The molecule has 1 aromatic heterocycles. The van der Waals surface area contributed by atoms with Crippen molar-refractivity contribution in [3.63, 3.8) is 0 Å². The lowest BCUT2D eigenvalue weighted by Crippen LogP contribution is -2.51. The van der Waals surface area contributed by atoms with Gasteiger partial charge in [0.1, 0.15) is 0 Å². The summed E-state index contributed by atoms with van der Waals surface area (Å²) in [6, 6.07) is 8.24. The second-order valence-corrected chi connectivity index (χ2v) is 8.56. The summed E-state index contributed by atoms with van der Waals surface area (Å²) < 4.78 is 1.54. The van der Waals surface area contributed by atoms with Gasteiger partial charge in [-0.2, -0.15) is 0 Å². The molecule has 6 heteroatoms. The van der Waals surface area contributed by atoms with E-state index in [1.165, 1.54) is 38.5 Å². The molecular formula is C23H32N4O2. The van der Waals surface area contributed by atoms with E-state index in [9.17, 15) is 9.59 Å². The van der Waals surface area contributed by atoms with Crippen molar-refractivity contribution >= 4 is 16.8 Å². The molecule has 1 saturated heterocycles. The number of amides is 1. The average Bonchev–Trinajstić information content (AvgIpc) is 3.03. The van der Waals surface area contributed by atoms with Gasteiger partial charge >= 0.3 is 0 Å². The first-order valence-corrected chi connectivity index (χ1v) is 11.2. The lowest BCUT2D eigenvalue weighted by atomic mass is 10.00. The van der Waals surface area contributed by atoms with E-state index in [1.54, 1.807) is 17.0 Å². The number of para-hydroxylation sites is 1. The van der Waals surface area contributed by atoms with E-state index in [0.29, 0.717) is 29.9 Å². The molecule has 156 valence electrons. The third-order valence-electron chi connectivity index (χ3n) is 6.47. The number of carbonyl (C=O) groups excluding carboxylic acids is 1. The maximum atomic E-state index is 12.6. The maximum absolute atomic E-state index is 12.6. The highest BCUT2D eigenvalue weighted by Crippen LogP contribution is 2.24. The van der Waals surface area contributed by atoms with E-state index < -0.39 is 0 Å². The Morgan fingerprint density at radius 3 is 2.69 bits per heavy atom. The van der Waals surface area contributed by atoms with Gasteiger partial charge in [0.2, 0.25) is 5.91 Å². The van der Waals surface area contributed by atoms with Crippen molar-refractivity contribution in [2.75, 3.05) is 13.1 Å². The van der Waals surface area contributed by atoms with Crippen molar-refractivity contribution in [1.82, 2.24) is 19.8 Å². The van der Waals surface area contributed by atoms with Crippen LogP contribution in [0.1, 0.15) is 57.8 Å². The van der Waals surface area contributed by atoms with Crippen molar-refractivity contribution in [1.29, 1.82) is 0 Å². The van der Waals surface area contributed by atoms with Crippen LogP contribution in [0.4, 0.5) is 0 Å². The summed E-state index contributed by atoms with van der Waals surface area (Å²) in [7, 11) is 0. The van der Waals surface area contributed by atoms with Crippen LogP contribution in [-0.4, -0.2) is 45.5 Å². The van der Waals surface area contributed by atoms with Crippen LogP contribution in [0.25, 0.3) is 10.9 Å². The molecule has 1 aromatic carbocycles. The topological polar surface area (TPSA) is 67.2 Å². The zero-order chi connectivity index (χ0) is 20.1. The maximum Gasteiger partial charge on any atom is 0.261 e. The van der Waals surface area contributed by atoms with Crippen LogP contribution in [0, 0.1) is 0 Å². The lowest BCUT2D eigenvalue weighted by Gasteiger charge is -2.38. The van der Waals surface area contributed by atoms with Crippen LogP contribution in [0.3, 0.4) is 0 Å². The first-order chi connectivity index (χ1) is 14.2. The van der Waals surface area contributed by atoms with Crippen LogP contribution in [0.2, 0.25) is 0 Å². The Morgan fingerprint density at radius 1 is 1.07 bits per heavy atom. The van der Waals surface area contributed by atoms with E-state index in [4.69, 9.17) is 0 Å². The van der Waals surface area contributed by atoms with Crippen LogP contribution in [-0.2, 0) is 11.3 Å². The standard InChI is InChI=1S/C23H32N4O2/c28-22(13-15-27-17-24-21-12-6-5-11-20(21)23(27)29)25-18-8-7-14-26(16-18)19-9-3-1-2-4-10-19/h5-6,11-12,17-19H,1-4,7-10,13-16H2,(H,25,28). The molecule has 1 aliphatic carbocycles. The summed E-state index contributed by atoms with van der Waals surface area (Å²) in [4.78, 5) is 32.0. The smallest absolute Gasteiger partial charge is 0.261 e. The highest BCUT2D eigenvalue weighted by molar-refractivity contribution is 5.77. The number of rotatable bonds is 5. The van der Waals surface area contributed by atoms with Crippen molar-refractivity contribution < 1.29 is 4.79 Å². The number of nitrogens with one attached hydrogen (secondary N) is 1. The van der Waals surface area contributed by atoms with E-state index in [0.717, 1.165) is 25.9 Å². The molecule has 2 heterocycles. The summed E-state index contributed by atoms with van der Waals surface area (Å²) >= 11 is 0. The first-order valence-electron chi connectivity index (χ1n) is 11.2. The highest BCUT2D eigenvalue weighted by atomic mass is 16.2. The number of aryl methyl sites for hydroxylation is 1. The minimum Gasteiger partial charge on any atom is -0.352 e. The lowest BCUT2D eigenvalue weighted by molar-refractivity contribution is -0.122. The molecule has 1 N–H and O–H groups in total. The second kappa shape index (κ2) is 9.53. The Labute approximate surface area is 172 Å². The number of piperidine rings is 1. The predicted molar refractivity (Wildman–Crippen MR) is 115 cm³/mol. The fourth-order valence-electron chi connectivity index (χ4n) is 4.87. The van der Waals surface area contributed by atoms with Gasteiger partial charge in [0, 0.05) is 31.6 Å². The second-order valence-electron chi connectivity index (χ2n) is 8.56. The number of nitrogens with zero attached hydrogens (tertiary/aromatic N) is 3. The Hall–Kier alpha value is -2.21. The quantitative estimate of drug-likeness (QED) is 0.789. The van der Waals surface area contributed by atoms with Crippen molar-refractivity contribution in [3.8, 4) is 0 Å². The Bertz CT molecular complexity index is 886. The average molecular weight is 397 g/mol. The molecule has 2 fully saturated rings. The molecule has 2 aliphatic rings. The van der Waals surface area contributed by atoms with Crippen LogP contribution < -0.4 is 10.9 Å². The fourth-order valence-corrected chi connectivity index (χ4v) is 4.87. The number of benzene rings is 1. The minimum absolute atomic E-state index is 0.0257. The van der Waals surface area contributed by atoms with Gasteiger partial charge in [0.15, 0.2) is 0 Å². The van der Waals surface area contributed by atoms with Crippen molar-refractivity contribution in [2.45, 2.75) is 76.4 Å². The highest BCUT2D eigenvalue weighted by Gasteiger charge is 2.27. The van der Waals surface area contributed by atoms with Crippen LogP contribution in [0.15, 0.2) is 35.4 Å². The minimum atomic E-state index is -0.0828. The third-order valence-corrected chi connectivity index (χ3v) is 6.47. The summed E-state index contributed by atoms with van der Waals surface area (Å²) in [5.74, 6) is 0.0257. The molecule has 2 aromatic rings. The number of hydrogen-bond acceptors (Lipinski definition) is 4. The summed E-state index contributed by atoms with van der Waals surface area (Å²) in [5.41, 5.74) is 0.611. The summed E-state index contributed by atoms with van der Waals surface area (Å²) in [5, 5.41) is 3.81. The van der Waals surface area contributed by atoms with Crippen LogP contribution >= 0.6 is 0 Å². The summed E-state index contributed by atoms with van der Waals surface area (Å²) in [6.45, 7) is 2.49. The number of fused-ring (bicyclic) bond motifs is 1. The van der Waals surface area contributed by atoms with Gasteiger partial charge < -0.3 is 5.32 Å². The SMILES string of the molecule is O=C(CCn1cnc2ccccc2c1=O)NC1CCCN(C2CCCCCC2)C1. The molecule has 1 amide bonds. The monoisotopic (exact) mass is 396 g/mol.